The number of aliphatic carboxylic acids is 1. The average Bonchev–Trinajstić information content (AvgIpc) is 2.86. The third kappa shape index (κ3) is 4.35. The van der Waals surface area contributed by atoms with Gasteiger partial charge in [0.25, 0.3) is 0 Å². The molecule has 2 N–H and O–H groups in total. The van der Waals surface area contributed by atoms with E-state index in [2.05, 4.69) is 21.2 Å². The number of carboxylic acids is 1. The van der Waals surface area contributed by atoms with Gasteiger partial charge in [-0.3, -0.25) is 4.79 Å². The fraction of sp³-hybridized carbons (Fsp3) is 0.269. The van der Waals surface area contributed by atoms with Crippen LogP contribution in [0.5, 0.6) is 0 Å². The second kappa shape index (κ2) is 9.54. The van der Waals surface area contributed by atoms with Crippen LogP contribution in [0, 0.1) is 5.41 Å². The zero-order chi connectivity index (χ0) is 24.7. The van der Waals surface area contributed by atoms with Crippen molar-refractivity contribution >= 4 is 61.8 Å². The molecular weight excluding hydrogens is 555 g/mol. The minimum atomic E-state index is -0.985. The largest absolute Gasteiger partial charge is 0.480 e. The quantitative estimate of drug-likeness (QED) is 0.387. The third-order valence-corrected chi connectivity index (χ3v) is 8.09. The standard InChI is InChI=1S/C26H21BrCl2N2O4/c27-22-23(26(24(22)32)8-10-35-11-9-26)31-20(25(33)34)13-14-4-6-18-15(12-14)5-7-19(30-18)21-16(28)2-1-3-17(21)29/h1-7,12,20,31H,8-11,13H2,(H,33,34)/t20-/m1/s1. The van der Waals surface area contributed by atoms with Crippen LogP contribution in [0.2, 0.25) is 10.0 Å². The molecule has 35 heavy (non-hydrogen) atoms. The van der Waals surface area contributed by atoms with Gasteiger partial charge in [-0.1, -0.05) is 41.4 Å². The number of hydrogen-bond donors (Lipinski definition) is 2. The number of Topliss-reactive ketones (excluding diaryl/α,β-unsaturated/α-hetero) is 1. The number of carbonyl (C=O) groups is 2. The van der Waals surface area contributed by atoms with Gasteiger partial charge in [-0.2, -0.15) is 0 Å². The summed E-state index contributed by atoms with van der Waals surface area (Å²) in [4.78, 5) is 29.4. The van der Waals surface area contributed by atoms with Crippen molar-refractivity contribution in [3.8, 4) is 11.3 Å². The molecule has 2 heterocycles. The molecule has 1 aromatic heterocycles. The van der Waals surface area contributed by atoms with Crippen LogP contribution >= 0.6 is 39.1 Å². The van der Waals surface area contributed by atoms with E-state index in [1.165, 1.54) is 0 Å². The van der Waals surface area contributed by atoms with E-state index >= 15 is 0 Å². The first-order valence-corrected chi connectivity index (χ1v) is 12.7. The summed E-state index contributed by atoms with van der Waals surface area (Å²) in [6.07, 6.45) is 1.35. The molecule has 9 heteroatoms. The highest BCUT2D eigenvalue weighted by molar-refractivity contribution is 9.12. The van der Waals surface area contributed by atoms with Gasteiger partial charge >= 0.3 is 5.97 Å². The number of allylic oxidation sites excluding steroid dienone is 2. The number of nitrogens with one attached hydrogen (secondary N) is 1. The van der Waals surface area contributed by atoms with Gasteiger partial charge in [0.2, 0.25) is 0 Å². The molecule has 2 aliphatic rings. The van der Waals surface area contributed by atoms with E-state index in [-0.39, 0.29) is 12.2 Å². The van der Waals surface area contributed by atoms with Crippen LogP contribution in [0.25, 0.3) is 22.2 Å². The zero-order valence-corrected chi connectivity index (χ0v) is 21.6. The summed E-state index contributed by atoms with van der Waals surface area (Å²) >= 11 is 16.0. The van der Waals surface area contributed by atoms with Crippen molar-refractivity contribution in [1.29, 1.82) is 0 Å². The van der Waals surface area contributed by atoms with Gasteiger partial charge in [0, 0.05) is 36.3 Å². The van der Waals surface area contributed by atoms with Gasteiger partial charge in [0.15, 0.2) is 5.78 Å². The number of carboxylic acid groups (broad SMARTS) is 1. The molecule has 3 aromatic rings. The van der Waals surface area contributed by atoms with Gasteiger partial charge in [0.05, 0.1) is 31.2 Å². The minimum Gasteiger partial charge on any atom is -0.480 e. The molecule has 1 fully saturated rings. The lowest BCUT2D eigenvalue weighted by Gasteiger charge is -2.45. The number of fused-ring (bicyclic) bond motifs is 1. The van der Waals surface area contributed by atoms with Crippen molar-refractivity contribution in [2.75, 3.05) is 13.2 Å². The number of pyridine rings is 1. The van der Waals surface area contributed by atoms with Crippen molar-refractivity contribution in [1.82, 2.24) is 10.3 Å². The van der Waals surface area contributed by atoms with Crippen LogP contribution < -0.4 is 5.32 Å². The highest BCUT2D eigenvalue weighted by atomic mass is 79.9. The molecule has 6 nitrogen and oxygen atoms in total. The summed E-state index contributed by atoms with van der Waals surface area (Å²) in [5, 5.41) is 15.0. The summed E-state index contributed by atoms with van der Waals surface area (Å²) in [7, 11) is 0. The molecule has 0 amide bonds. The number of hydrogen-bond acceptors (Lipinski definition) is 5. The fourth-order valence-electron chi connectivity index (χ4n) is 4.78. The average molecular weight is 576 g/mol. The maximum atomic E-state index is 12.6. The van der Waals surface area contributed by atoms with Crippen molar-refractivity contribution in [3.05, 3.63) is 74.3 Å². The Morgan fingerprint density at radius 2 is 1.86 bits per heavy atom. The second-order valence-electron chi connectivity index (χ2n) is 8.77. The smallest absolute Gasteiger partial charge is 0.326 e. The number of halogens is 3. The number of carbonyl (C=O) groups excluding carboxylic acids is 1. The first kappa shape index (κ1) is 24.3. The van der Waals surface area contributed by atoms with E-state index in [1.54, 1.807) is 18.2 Å². The monoisotopic (exact) mass is 574 g/mol. The van der Waals surface area contributed by atoms with Crippen molar-refractivity contribution in [3.63, 3.8) is 0 Å². The first-order valence-electron chi connectivity index (χ1n) is 11.2. The summed E-state index contributed by atoms with van der Waals surface area (Å²) in [6, 6.07) is 13.9. The Bertz CT molecular complexity index is 1360. The first-order chi connectivity index (χ1) is 16.8. The Morgan fingerprint density at radius 3 is 2.54 bits per heavy atom. The molecule has 2 aromatic carbocycles. The lowest BCUT2D eigenvalue weighted by molar-refractivity contribution is -0.140. The highest BCUT2D eigenvalue weighted by Gasteiger charge is 2.54. The number of ketones is 1. The van der Waals surface area contributed by atoms with Crippen LogP contribution in [0.1, 0.15) is 18.4 Å². The zero-order valence-electron chi connectivity index (χ0n) is 18.5. The van der Waals surface area contributed by atoms with Gasteiger partial charge < -0.3 is 15.2 Å². The highest BCUT2D eigenvalue weighted by Crippen LogP contribution is 2.51. The summed E-state index contributed by atoms with van der Waals surface area (Å²) in [6.45, 7) is 0.960. The van der Waals surface area contributed by atoms with Crippen LogP contribution in [0.4, 0.5) is 0 Å². The Kier molecular flexibility index (Phi) is 6.61. The van der Waals surface area contributed by atoms with Crippen LogP contribution in [-0.2, 0) is 20.7 Å². The normalized spacial score (nSPS) is 18.0. The Morgan fingerprint density at radius 1 is 1.14 bits per heavy atom. The summed E-state index contributed by atoms with van der Waals surface area (Å²) in [5.74, 6) is -0.972. The Labute approximate surface area is 220 Å². The van der Waals surface area contributed by atoms with Gasteiger partial charge in [0.1, 0.15) is 6.04 Å². The molecule has 1 aliphatic heterocycles. The van der Waals surface area contributed by atoms with E-state index < -0.39 is 17.4 Å². The maximum Gasteiger partial charge on any atom is 0.326 e. The van der Waals surface area contributed by atoms with Crippen molar-refractivity contribution in [2.24, 2.45) is 5.41 Å². The number of nitrogens with zero attached hydrogens (tertiary/aromatic N) is 1. The van der Waals surface area contributed by atoms with Crippen LogP contribution in [0.3, 0.4) is 0 Å². The van der Waals surface area contributed by atoms with Crippen LogP contribution in [0.15, 0.2) is 58.7 Å². The predicted molar refractivity (Wildman–Crippen MR) is 139 cm³/mol. The second-order valence-corrected chi connectivity index (χ2v) is 10.4. The van der Waals surface area contributed by atoms with E-state index in [9.17, 15) is 14.7 Å². The molecule has 5 rings (SSSR count). The number of benzene rings is 2. The Balaban J connectivity index is 1.39. The lowest BCUT2D eigenvalue weighted by atomic mass is 9.66. The lowest BCUT2D eigenvalue weighted by Crippen LogP contribution is -2.54. The SMILES string of the molecule is O=C(O)[C@@H](Cc1ccc2nc(-c3c(Cl)cccc3Cl)ccc2c1)NC1=C(Br)C(=O)C12CCOCC2. The van der Waals surface area contributed by atoms with E-state index in [0.29, 0.717) is 57.5 Å². The summed E-state index contributed by atoms with van der Waals surface area (Å²) < 4.78 is 5.85. The van der Waals surface area contributed by atoms with Gasteiger partial charge in [-0.05, 0) is 64.7 Å². The molecule has 0 bridgehead atoms. The minimum absolute atomic E-state index is 0.0126. The van der Waals surface area contributed by atoms with Crippen molar-refractivity contribution < 1.29 is 19.4 Å². The maximum absolute atomic E-state index is 12.6. The molecule has 0 saturated carbocycles. The molecule has 1 aliphatic carbocycles. The van der Waals surface area contributed by atoms with E-state index in [0.717, 1.165) is 16.5 Å². The molecule has 0 radical (unpaired) electrons. The van der Waals surface area contributed by atoms with Gasteiger partial charge in [-0.15, -0.1) is 0 Å². The number of rotatable bonds is 6. The molecule has 0 unspecified atom stereocenters. The van der Waals surface area contributed by atoms with Gasteiger partial charge in [-0.25, -0.2) is 9.78 Å². The fourth-order valence-corrected chi connectivity index (χ4v) is 6.24. The van der Waals surface area contributed by atoms with E-state index in [4.69, 9.17) is 32.9 Å². The third-order valence-electron chi connectivity index (χ3n) is 6.71. The van der Waals surface area contributed by atoms with E-state index in [1.807, 2.05) is 30.3 Å². The topological polar surface area (TPSA) is 88.5 Å². The number of ether oxygens (including phenoxy) is 1. The Hall–Kier alpha value is -2.45. The molecule has 180 valence electrons. The molecule has 1 saturated heterocycles. The molecular formula is C26H21BrCl2N2O4. The molecule has 1 atom stereocenters. The summed E-state index contributed by atoms with van der Waals surface area (Å²) in [5.41, 5.74) is 2.92. The number of aromatic nitrogens is 1. The molecule has 1 spiro atoms. The van der Waals surface area contributed by atoms with Crippen LogP contribution in [-0.4, -0.2) is 41.1 Å². The predicted octanol–water partition coefficient (Wildman–Crippen LogP) is 5.78. The van der Waals surface area contributed by atoms with Crippen molar-refractivity contribution in [2.45, 2.75) is 25.3 Å².